The lowest BCUT2D eigenvalue weighted by Crippen LogP contribution is -2.19. The number of alkyl halides is 3. The third-order valence-electron chi connectivity index (χ3n) is 2.34. The molecule has 0 unspecified atom stereocenters. The molecular weight excluding hydrogens is 280 g/mol. The number of aldehydes is 1. The molecule has 1 aromatic heterocycles. The van der Waals surface area contributed by atoms with Crippen LogP contribution in [0.3, 0.4) is 0 Å². The Labute approximate surface area is 110 Å². The second kappa shape index (κ2) is 5.36. The molecule has 2 aromatic rings. The molecule has 1 heterocycles. The van der Waals surface area contributed by atoms with Crippen LogP contribution in [0.5, 0.6) is 5.75 Å². The normalized spacial score (nSPS) is 11.4. The first kappa shape index (κ1) is 14.1. The van der Waals surface area contributed by atoms with Crippen LogP contribution >= 0.6 is 0 Å². The second-order valence-electron chi connectivity index (χ2n) is 3.86. The molecule has 2 rings (SSSR count). The van der Waals surface area contributed by atoms with Crippen molar-refractivity contribution in [3.8, 4) is 17.1 Å². The molecule has 0 saturated heterocycles. The maximum absolute atomic E-state index is 13.2. The molecule has 0 atom stereocenters. The Balaban J connectivity index is 2.35. The van der Waals surface area contributed by atoms with Crippen LogP contribution < -0.4 is 4.74 Å². The van der Waals surface area contributed by atoms with Crippen LogP contribution in [0, 0.1) is 5.82 Å². The fourth-order valence-corrected chi connectivity index (χ4v) is 1.54. The minimum Gasteiger partial charge on any atom is -0.483 e. The van der Waals surface area contributed by atoms with Crippen molar-refractivity contribution in [1.82, 2.24) is 0 Å². The predicted octanol–water partition coefficient (Wildman–Crippen LogP) is 3.84. The molecule has 1 aromatic carbocycles. The van der Waals surface area contributed by atoms with Crippen molar-refractivity contribution in [2.24, 2.45) is 0 Å². The van der Waals surface area contributed by atoms with Crippen LogP contribution in [0.15, 0.2) is 34.7 Å². The molecule has 0 amide bonds. The van der Waals surface area contributed by atoms with Gasteiger partial charge in [-0.25, -0.2) is 4.39 Å². The molecule has 106 valence electrons. The maximum atomic E-state index is 13.2. The van der Waals surface area contributed by atoms with Crippen molar-refractivity contribution < 1.29 is 31.5 Å². The van der Waals surface area contributed by atoms with Gasteiger partial charge in [0.1, 0.15) is 17.3 Å². The zero-order valence-corrected chi connectivity index (χ0v) is 9.91. The summed E-state index contributed by atoms with van der Waals surface area (Å²) in [4.78, 5) is 10.5. The zero-order chi connectivity index (χ0) is 14.8. The van der Waals surface area contributed by atoms with Gasteiger partial charge in [-0.3, -0.25) is 4.79 Å². The van der Waals surface area contributed by atoms with Crippen molar-refractivity contribution in [2.75, 3.05) is 6.61 Å². The number of carbonyl (C=O) groups excluding carboxylic acids is 1. The van der Waals surface area contributed by atoms with Crippen LogP contribution in [-0.2, 0) is 0 Å². The summed E-state index contributed by atoms with van der Waals surface area (Å²) in [6, 6.07) is 5.68. The Morgan fingerprint density at radius 3 is 2.55 bits per heavy atom. The quantitative estimate of drug-likeness (QED) is 0.634. The smallest absolute Gasteiger partial charge is 0.422 e. The fourth-order valence-electron chi connectivity index (χ4n) is 1.54. The molecule has 0 spiro atoms. The van der Waals surface area contributed by atoms with E-state index in [9.17, 15) is 22.4 Å². The number of ether oxygens (including phenoxy) is 1. The van der Waals surface area contributed by atoms with Crippen LogP contribution in [0.25, 0.3) is 11.3 Å². The minimum atomic E-state index is -4.51. The Bertz CT molecular complexity index is 616. The van der Waals surface area contributed by atoms with Gasteiger partial charge in [-0.05, 0) is 30.3 Å². The first-order valence-corrected chi connectivity index (χ1v) is 5.43. The zero-order valence-electron chi connectivity index (χ0n) is 9.91. The fraction of sp³-hybridized carbons (Fsp3) is 0.154. The van der Waals surface area contributed by atoms with E-state index < -0.39 is 18.6 Å². The van der Waals surface area contributed by atoms with E-state index in [0.29, 0.717) is 6.29 Å². The molecule has 20 heavy (non-hydrogen) atoms. The van der Waals surface area contributed by atoms with Crippen LogP contribution in [0.2, 0.25) is 0 Å². The monoisotopic (exact) mass is 288 g/mol. The lowest BCUT2D eigenvalue weighted by molar-refractivity contribution is -0.153. The third kappa shape index (κ3) is 3.37. The number of carbonyl (C=O) groups is 1. The van der Waals surface area contributed by atoms with E-state index in [1.165, 1.54) is 12.1 Å². The van der Waals surface area contributed by atoms with E-state index in [1.807, 2.05) is 0 Å². The summed E-state index contributed by atoms with van der Waals surface area (Å²) in [5.41, 5.74) is 0.00218. The molecule has 0 saturated carbocycles. The van der Waals surface area contributed by atoms with E-state index in [1.54, 1.807) is 0 Å². The standard InChI is InChI=1S/C13H8F4O3/c14-8-1-3-11(19-7-13(15,16)17)10(5-8)12-4-2-9(6-18)20-12/h1-6H,7H2. The van der Waals surface area contributed by atoms with Gasteiger partial charge in [0.2, 0.25) is 0 Å². The number of hydrogen-bond acceptors (Lipinski definition) is 3. The molecular formula is C13H8F4O3. The highest BCUT2D eigenvalue weighted by molar-refractivity contribution is 5.74. The van der Waals surface area contributed by atoms with Gasteiger partial charge in [0.05, 0.1) is 5.56 Å². The summed E-state index contributed by atoms with van der Waals surface area (Å²) in [7, 11) is 0. The highest BCUT2D eigenvalue weighted by Gasteiger charge is 2.29. The van der Waals surface area contributed by atoms with E-state index in [2.05, 4.69) is 4.74 Å². The van der Waals surface area contributed by atoms with E-state index in [0.717, 1.165) is 18.2 Å². The van der Waals surface area contributed by atoms with Crippen LogP contribution in [0.4, 0.5) is 17.6 Å². The predicted molar refractivity (Wildman–Crippen MR) is 61.0 cm³/mol. The molecule has 0 N–H and O–H groups in total. The van der Waals surface area contributed by atoms with Crippen molar-refractivity contribution in [1.29, 1.82) is 0 Å². The van der Waals surface area contributed by atoms with Gasteiger partial charge in [0.15, 0.2) is 18.7 Å². The topological polar surface area (TPSA) is 39.4 Å². The number of rotatable bonds is 4. The summed E-state index contributed by atoms with van der Waals surface area (Å²) >= 11 is 0. The third-order valence-corrected chi connectivity index (χ3v) is 2.34. The molecule has 0 radical (unpaired) electrons. The van der Waals surface area contributed by atoms with Gasteiger partial charge in [-0.2, -0.15) is 13.2 Å². The van der Waals surface area contributed by atoms with E-state index in [-0.39, 0.29) is 22.8 Å². The Kier molecular flexibility index (Phi) is 3.78. The van der Waals surface area contributed by atoms with Gasteiger partial charge in [-0.15, -0.1) is 0 Å². The largest absolute Gasteiger partial charge is 0.483 e. The molecule has 0 fully saturated rings. The van der Waals surface area contributed by atoms with E-state index >= 15 is 0 Å². The summed E-state index contributed by atoms with van der Waals surface area (Å²) in [5, 5.41) is 0. The minimum absolute atomic E-state index is 0.00218. The average Bonchev–Trinajstić information content (AvgIpc) is 2.84. The maximum Gasteiger partial charge on any atom is 0.422 e. The average molecular weight is 288 g/mol. The molecule has 0 aliphatic heterocycles. The van der Waals surface area contributed by atoms with Gasteiger partial charge >= 0.3 is 6.18 Å². The number of halogens is 4. The molecule has 0 bridgehead atoms. The Morgan fingerprint density at radius 1 is 1.20 bits per heavy atom. The summed E-state index contributed by atoms with van der Waals surface area (Å²) in [6.45, 7) is -1.51. The van der Waals surface area contributed by atoms with Crippen LogP contribution in [0.1, 0.15) is 10.6 Å². The number of benzene rings is 1. The van der Waals surface area contributed by atoms with Gasteiger partial charge < -0.3 is 9.15 Å². The first-order valence-electron chi connectivity index (χ1n) is 5.43. The Morgan fingerprint density at radius 2 is 1.95 bits per heavy atom. The van der Waals surface area contributed by atoms with Gasteiger partial charge in [-0.1, -0.05) is 0 Å². The highest BCUT2D eigenvalue weighted by Crippen LogP contribution is 2.33. The SMILES string of the molecule is O=Cc1ccc(-c2cc(F)ccc2OCC(F)(F)F)o1. The highest BCUT2D eigenvalue weighted by atomic mass is 19.4. The van der Waals surface area contributed by atoms with Crippen molar-refractivity contribution in [3.63, 3.8) is 0 Å². The summed E-state index contributed by atoms with van der Waals surface area (Å²) in [6.07, 6.45) is -4.08. The molecule has 3 nitrogen and oxygen atoms in total. The summed E-state index contributed by atoms with van der Waals surface area (Å²) in [5.74, 6) is -0.825. The number of furan rings is 1. The molecule has 0 aliphatic rings. The molecule has 7 heteroatoms. The van der Waals surface area contributed by atoms with E-state index in [4.69, 9.17) is 4.42 Å². The van der Waals surface area contributed by atoms with Crippen LogP contribution in [-0.4, -0.2) is 19.1 Å². The molecule has 0 aliphatic carbocycles. The van der Waals surface area contributed by atoms with Crippen molar-refractivity contribution in [2.45, 2.75) is 6.18 Å². The summed E-state index contributed by atoms with van der Waals surface area (Å²) < 4.78 is 59.3. The van der Waals surface area contributed by atoms with Gasteiger partial charge in [0.25, 0.3) is 0 Å². The van der Waals surface area contributed by atoms with Crippen molar-refractivity contribution >= 4 is 6.29 Å². The lowest BCUT2D eigenvalue weighted by Gasteiger charge is -2.12. The number of hydrogen-bond donors (Lipinski definition) is 0. The van der Waals surface area contributed by atoms with Crippen molar-refractivity contribution in [3.05, 3.63) is 41.9 Å². The first-order chi connectivity index (χ1) is 9.39. The van der Waals surface area contributed by atoms with Gasteiger partial charge in [0, 0.05) is 0 Å². The second-order valence-corrected chi connectivity index (χ2v) is 3.86. The Hall–Kier alpha value is -2.31. The lowest BCUT2D eigenvalue weighted by atomic mass is 10.1.